The lowest BCUT2D eigenvalue weighted by atomic mass is 10.1. The third kappa shape index (κ3) is 1.40. The molecule has 1 aliphatic heterocycles. The molecule has 66 valence electrons. The van der Waals surface area contributed by atoms with Gasteiger partial charge in [0.2, 0.25) is 0 Å². The zero-order valence-corrected chi connectivity index (χ0v) is 7.47. The van der Waals surface area contributed by atoms with E-state index in [4.69, 9.17) is 21.7 Å². The zero-order valence-electron chi connectivity index (χ0n) is 6.65. The number of para-hydroxylation sites is 1. The molecule has 0 spiro atoms. The number of thiocarbonyl (C=S) groups is 1. The molecule has 4 heteroatoms. The third-order valence-corrected chi connectivity index (χ3v) is 1.99. The van der Waals surface area contributed by atoms with Gasteiger partial charge in [0.1, 0.15) is 12.4 Å². The lowest BCUT2D eigenvalue weighted by molar-refractivity contribution is 0.111. The van der Waals surface area contributed by atoms with E-state index in [1.165, 1.54) is 0 Å². The van der Waals surface area contributed by atoms with Crippen LogP contribution in [0.15, 0.2) is 18.2 Å². The van der Waals surface area contributed by atoms with Gasteiger partial charge in [-0.15, -0.1) is 0 Å². The normalized spacial score (nSPS) is 14.0. The predicted molar refractivity (Wildman–Crippen MR) is 49.8 cm³/mol. The highest BCUT2D eigenvalue weighted by molar-refractivity contribution is 7.79. The minimum Gasteiger partial charge on any atom is -0.452 e. The summed E-state index contributed by atoms with van der Waals surface area (Å²) in [5.74, 6) is 0.522. The van der Waals surface area contributed by atoms with Crippen LogP contribution in [-0.4, -0.2) is 11.5 Å². The van der Waals surface area contributed by atoms with Crippen molar-refractivity contribution in [2.45, 2.75) is 6.61 Å². The van der Waals surface area contributed by atoms with Gasteiger partial charge in [0.15, 0.2) is 6.29 Å². The van der Waals surface area contributed by atoms with Crippen molar-refractivity contribution in [1.82, 2.24) is 0 Å². The fourth-order valence-electron chi connectivity index (χ4n) is 1.19. The average Bonchev–Trinajstić information content (AvgIpc) is 2.17. The Morgan fingerprint density at radius 3 is 3.08 bits per heavy atom. The molecule has 0 saturated heterocycles. The zero-order chi connectivity index (χ0) is 9.26. The smallest absolute Gasteiger partial charge is 0.358 e. The highest BCUT2D eigenvalue weighted by Gasteiger charge is 2.17. The van der Waals surface area contributed by atoms with E-state index in [-0.39, 0.29) is 5.24 Å². The number of carbonyl (C=O) groups excluding carboxylic acids is 1. The molecule has 0 N–H and O–H groups in total. The van der Waals surface area contributed by atoms with Crippen LogP contribution in [0, 0.1) is 0 Å². The van der Waals surface area contributed by atoms with Crippen LogP contribution in [0.3, 0.4) is 0 Å². The fourth-order valence-corrected chi connectivity index (χ4v) is 1.33. The molecular formula is C9H6O3S. The third-order valence-electron chi connectivity index (χ3n) is 1.78. The van der Waals surface area contributed by atoms with Gasteiger partial charge < -0.3 is 9.47 Å². The van der Waals surface area contributed by atoms with Gasteiger partial charge in [-0.25, -0.2) is 0 Å². The number of fused-ring (bicyclic) bond motifs is 1. The summed E-state index contributed by atoms with van der Waals surface area (Å²) in [7, 11) is 0. The number of hydrogen-bond acceptors (Lipinski definition) is 4. The van der Waals surface area contributed by atoms with Gasteiger partial charge in [0, 0.05) is 17.8 Å². The van der Waals surface area contributed by atoms with Gasteiger partial charge in [-0.3, -0.25) is 4.79 Å². The Labute approximate surface area is 80.3 Å². The van der Waals surface area contributed by atoms with Crippen molar-refractivity contribution in [2.24, 2.45) is 0 Å². The van der Waals surface area contributed by atoms with Crippen molar-refractivity contribution in [2.75, 3.05) is 0 Å². The molecule has 3 nitrogen and oxygen atoms in total. The predicted octanol–water partition coefficient (Wildman–Crippen LogP) is 1.69. The van der Waals surface area contributed by atoms with E-state index in [1.807, 2.05) is 6.07 Å². The summed E-state index contributed by atoms with van der Waals surface area (Å²) in [6.07, 6.45) is 0.743. The highest BCUT2D eigenvalue weighted by atomic mass is 32.1. The molecule has 2 rings (SSSR count). The highest BCUT2D eigenvalue weighted by Crippen LogP contribution is 2.27. The molecule has 0 radical (unpaired) electrons. The first-order chi connectivity index (χ1) is 6.31. The standard InChI is InChI=1S/C9H6O3S/c10-4-6-2-1-3-7-5-11-9(13)12-8(6)7/h1-4H,5H2. The molecule has 1 aromatic carbocycles. The summed E-state index contributed by atoms with van der Waals surface area (Å²) >= 11 is 4.73. The van der Waals surface area contributed by atoms with Crippen molar-refractivity contribution in [3.05, 3.63) is 29.3 Å². The van der Waals surface area contributed by atoms with Gasteiger partial charge in [0.25, 0.3) is 0 Å². The Bertz CT molecular complexity index is 373. The topological polar surface area (TPSA) is 35.5 Å². The van der Waals surface area contributed by atoms with Gasteiger partial charge in [-0.2, -0.15) is 0 Å². The molecule has 0 fully saturated rings. The Morgan fingerprint density at radius 1 is 1.46 bits per heavy atom. The number of rotatable bonds is 1. The van der Waals surface area contributed by atoms with Crippen LogP contribution in [0.5, 0.6) is 5.75 Å². The van der Waals surface area contributed by atoms with Crippen molar-refractivity contribution >= 4 is 23.7 Å². The first kappa shape index (κ1) is 8.19. The SMILES string of the molecule is O=Cc1cccc2c1OC(=S)OC2. The Kier molecular flexibility index (Phi) is 1.98. The monoisotopic (exact) mass is 194 g/mol. The molecule has 13 heavy (non-hydrogen) atoms. The van der Waals surface area contributed by atoms with E-state index in [9.17, 15) is 4.79 Å². The lowest BCUT2D eigenvalue weighted by Gasteiger charge is -2.18. The summed E-state index contributed by atoms with van der Waals surface area (Å²) in [6, 6.07) is 5.30. The summed E-state index contributed by atoms with van der Waals surface area (Å²) in [4.78, 5) is 10.6. The summed E-state index contributed by atoms with van der Waals surface area (Å²) in [6.45, 7) is 0.371. The van der Waals surface area contributed by atoms with Crippen molar-refractivity contribution in [3.63, 3.8) is 0 Å². The number of hydrogen-bond donors (Lipinski definition) is 0. The molecule has 1 heterocycles. The summed E-state index contributed by atoms with van der Waals surface area (Å²) in [5, 5.41) is 0.0711. The molecule has 0 unspecified atom stereocenters. The van der Waals surface area contributed by atoms with E-state index < -0.39 is 0 Å². The summed E-state index contributed by atoms with van der Waals surface area (Å²) < 4.78 is 10.1. The van der Waals surface area contributed by atoms with Crippen molar-refractivity contribution < 1.29 is 14.3 Å². The number of aldehydes is 1. The van der Waals surface area contributed by atoms with E-state index >= 15 is 0 Å². The van der Waals surface area contributed by atoms with Crippen LogP contribution in [0.25, 0.3) is 0 Å². The molecular weight excluding hydrogens is 188 g/mol. The number of ether oxygens (including phenoxy) is 2. The maximum Gasteiger partial charge on any atom is 0.358 e. The second kappa shape index (κ2) is 3.14. The van der Waals surface area contributed by atoms with Crippen molar-refractivity contribution in [1.29, 1.82) is 0 Å². The molecule has 0 saturated carbocycles. The molecule has 0 amide bonds. The Balaban J connectivity index is 2.52. The van der Waals surface area contributed by atoms with Crippen LogP contribution in [0.2, 0.25) is 0 Å². The van der Waals surface area contributed by atoms with E-state index in [0.717, 1.165) is 11.8 Å². The Hall–Kier alpha value is -1.42. The minimum absolute atomic E-state index is 0.0711. The summed E-state index contributed by atoms with van der Waals surface area (Å²) in [5.41, 5.74) is 1.35. The minimum atomic E-state index is 0.0711. The molecule has 1 aliphatic rings. The van der Waals surface area contributed by atoms with E-state index in [1.54, 1.807) is 12.1 Å². The first-order valence-electron chi connectivity index (χ1n) is 3.73. The van der Waals surface area contributed by atoms with E-state index in [2.05, 4.69) is 0 Å². The average molecular weight is 194 g/mol. The van der Waals surface area contributed by atoms with Crippen LogP contribution in [0.1, 0.15) is 15.9 Å². The van der Waals surface area contributed by atoms with Crippen molar-refractivity contribution in [3.8, 4) is 5.75 Å². The number of carbonyl (C=O) groups is 1. The van der Waals surface area contributed by atoms with Crippen LogP contribution in [0.4, 0.5) is 0 Å². The second-order valence-corrected chi connectivity index (χ2v) is 2.93. The van der Waals surface area contributed by atoms with Crippen LogP contribution in [-0.2, 0) is 11.3 Å². The lowest BCUT2D eigenvalue weighted by Crippen LogP contribution is -2.18. The van der Waals surface area contributed by atoms with Crippen LogP contribution < -0.4 is 4.74 Å². The van der Waals surface area contributed by atoms with Crippen LogP contribution >= 0.6 is 12.2 Å². The molecule has 1 aromatic rings. The second-order valence-electron chi connectivity index (χ2n) is 2.59. The molecule has 0 atom stereocenters. The molecule has 0 bridgehead atoms. The van der Waals surface area contributed by atoms with Gasteiger partial charge in [-0.05, 0) is 6.07 Å². The Morgan fingerprint density at radius 2 is 2.31 bits per heavy atom. The van der Waals surface area contributed by atoms with Gasteiger partial charge >= 0.3 is 5.24 Å². The molecule has 0 aromatic heterocycles. The maximum atomic E-state index is 10.6. The largest absolute Gasteiger partial charge is 0.452 e. The van der Waals surface area contributed by atoms with Gasteiger partial charge in [0.05, 0.1) is 5.56 Å². The quantitative estimate of drug-likeness (QED) is 0.503. The number of benzene rings is 1. The molecule has 0 aliphatic carbocycles. The van der Waals surface area contributed by atoms with Gasteiger partial charge in [-0.1, -0.05) is 12.1 Å². The maximum absolute atomic E-state index is 10.6. The van der Waals surface area contributed by atoms with E-state index in [0.29, 0.717) is 17.9 Å². The first-order valence-corrected chi connectivity index (χ1v) is 4.14. The fraction of sp³-hybridized carbons (Fsp3) is 0.111.